The third kappa shape index (κ3) is 5.95. The van der Waals surface area contributed by atoms with Crippen LogP contribution in [0.25, 0.3) is 22.2 Å². The van der Waals surface area contributed by atoms with Crippen molar-refractivity contribution >= 4 is 34.0 Å². The van der Waals surface area contributed by atoms with Gasteiger partial charge in [0.05, 0.1) is 42.2 Å². The lowest BCUT2D eigenvalue weighted by molar-refractivity contribution is -0.137. The molecule has 10 nitrogen and oxygen atoms in total. The van der Waals surface area contributed by atoms with Gasteiger partial charge in [0, 0.05) is 42.7 Å². The van der Waals surface area contributed by atoms with Crippen molar-refractivity contribution in [3.8, 4) is 29.2 Å². The van der Waals surface area contributed by atoms with Crippen LogP contribution in [0.4, 0.5) is 33.5 Å². The molecule has 6 rings (SSSR count). The predicted octanol–water partition coefficient (Wildman–Crippen LogP) is 5.21. The van der Waals surface area contributed by atoms with Crippen molar-refractivity contribution in [2.45, 2.75) is 44.4 Å². The molecule has 2 aromatic heterocycles. The summed E-state index contributed by atoms with van der Waals surface area (Å²) < 4.78 is 85.8. The quantitative estimate of drug-likeness (QED) is 0.254. The summed E-state index contributed by atoms with van der Waals surface area (Å²) in [4.78, 5) is 17.2. The molecule has 3 saturated heterocycles. The van der Waals surface area contributed by atoms with Gasteiger partial charge in [0.2, 0.25) is 5.88 Å². The molecule has 0 saturated carbocycles. The molecule has 3 aliphatic heterocycles. The number of anilines is 2. The van der Waals surface area contributed by atoms with Crippen LogP contribution in [0.15, 0.2) is 6.07 Å². The van der Waals surface area contributed by atoms with Crippen molar-refractivity contribution in [2.75, 3.05) is 64.3 Å². The van der Waals surface area contributed by atoms with Crippen LogP contribution in [0.1, 0.15) is 37.3 Å². The van der Waals surface area contributed by atoms with Gasteiger partial charge in [-0.1, -0.05) is 18.5 Å². The summed E-state index contributed by atoms with van der Waals surface area (Å²) in [7, 11) is 3.17. The summed E-state index contributed by atoms with van der Waals surface area (Å²) >= 11 is 6.01. The van der Waals surface area contributed by atoms with Gasteiger partial charge in [-0.3, -0.25) is 4.39 Å². The Kier molecular flexibility index (Phi) is 8.73. The highest BCUT2D eigenvalue weighted by atomic mass is 35.5. The molecule has 0 amide bonds. The number of rotatable bonds is 7. The number of nitrogens with zero attached hydrogens (tertiary/aromatic N) is 6. The molecule has 0 aliphatic carbocycles. The molecule has 2 bridgehead atoms. The van der Waals surface area contributed by atoms with Gasteiger partial charge < -0.3 is 30.3 Å². The van der Waals surface area contributed by atoms with Gasteiger partial charge in [0.15, 0.2) is 5.82 Å². The van der Waals surface area contributed by atoms with Gasteiger partial charge in [-0.25, -0.2) is 9.37 Å². The van der Waals surface area contributed by atoms with Gasteiger partial charge in [-0.05, 0) is 44.8 Å². The first-order valence-electron chi connectivity index (χ1n) is 15.2. The van der Waals surface area contributed by atoms with Crippen LogP contribution in [0.5, 0.6) is 11.9 Å². The molecule has 4 atom stereocenters. The number of piperidine rings is 1. The van der Waals surface area contributed by atoms with E-state index in [1.165, 1.54) is 7.11 Å². The lowest BCUT2D eigenvalue weighted by atomic mass is 9.73. The van der Waals surface area contributed by atoms with Crippen LogP contribution >= 0.6 is 11.6 Å². The highest BCUT2D eigenvalue weighted by Crippen LogP contribution is 2.48. The normalized spacial score (nSPS) is 24.9. The average molecular weight is 681 g/mol. The molecule has 0 unspecified atom stereocenters. The topological polar surface area (TPSA) is 125 Å². The standard InChI is InChI=1S/C31H34ClF5N8O2/c1-30(13-44(2)7-6-15(30)9-33)14-47-29-42-26-22(27(43-29)45-11-16-4-5-17(12-45)40-16)28(46-3)41-25(24(26)34)21-18(10-38)20(39)8-19(32)23(21)31(35,36)37/h8,15-17,40H,4-7,9,11-14,39H2,1-3H3/t15-,16-,17+,30+/m1/s1. The molecule has 16 heteroatoms. The Morgan fingerprint density at radius 3 is 2.51 bits per heavy atom. The zero-order valence-corrected chi connectivity index (χ0v) is 26.8. The maximum Gasteiger partial charge on any atom is 0.418 e. The SMILES string of the molecule is COc1nc(-c2c(C#N)c(N)cc(Cl)c2C(F)(F)F)c(F)c2nc(OC[C@]3(C)CN(C)CC[C@@H]3CF)nc(N3C[C@H]4CC[C@@H](C3)N4)c12. The number of benzene rings is 1. The summed E-state index contributed by atoms with van der Waals surface area (Å²) in [6.07, 6.45) is -2.65. The first-order chi connectivity index (χ1) is 22.3. The largest absolute Gasteiger partial charge is 0.480 e. The molecule has 0 spiro atoms. The second kappa shape index (κ2) is 12.4. The summed E-state index contributed by atoms with van der Waals surface area (Å²) in [6.45, 7) is 3.62. The fraction of sp³-hybridized carbons (Fsp3) is 0.548. The first kappa shape index (κ1) is 33.2. The van der Waals surface area contributed by atoms with Crippen LogP contribution in [-0.4, -0.2) is 85.6 Å². The number of alkyl halides is 4. The number of ether oxygens (including phenoxy) is 2. The van der Waals surface area contributed by atoms with E-state index in [4.69, 9.17) is 26.8 Å². The Hall–Kier alpha value is -3.74. The predicted molar refractivity (Wildman–Crippen MR) is 166 cm³/mol. The lowest BCUT2D eigenvalue weighted by Gasteiger charge is -2.43. The number of fused-ring (bicyclic) bond motifs is 3. The van der Waals surface area contributed by atoms with Crippen LogP contribution in [0.2, 0.25) is 5.02 Å². The van der Waals surface area contributed by atoms with E-state index in [1.807, 2.05) is 18.9 Å². The van der Waals surface area contributed by atoms with Crippen LogP contribution in [0.3, 0.4) is 0 Å². The Balaban J connectivity index is 1.57. The van der Waals surface area contributed by atoms with E-state index < -0.39 is 62.7 Å². The third-order valence-electron chi connectivity index (χ3n) is 9.56. The molecular weight excluding hydrogens is 647 g/mol. The van der Waals surface area contributed by atoms with Gasteiger partial charge in [-0.2, -0.15) is 28.4 Å². The minimum Gasteiger partial charge on any atom is -0.480 e. The zero-order chi connectivity index (χ0) is 33.8. The van der Waals surface area contributed by atoms with E-state index in [0.717, 1.165) is 25.5 Å². The zero-order valence-electron chi connectivity index (χ0n) is 26.0. The molecular formula is C31H34ClF5N8O2. The molecule has 252 valence electrons. The monoisotopic (exact) mass is 680 g/mol. The fourth-order valence-electron chi connectivity index (χ4n) is 7.19. The number of nitrogens with one attached hydrogen (secondary N) is 1. The summed E-state index contributed by atoms with van der Waals surface area (Å²) in [5.41, 5.74) is 0.505. The number of hydrogen-bond donors (Lipinski definition) is 2. The Bertz CT molecular complexity index is 1740. The van der Waals surface area contributed by atoms with Gasteiger partial charge in [0.25, 0.3) is 0 Å². The third-order valence-corrected chi connectivity index (χ3v) is 9.86. The van der Waals surface area contributed by atoms with E-state index >= 15 is 4.39 Å². The Labute approximate surface area is 273 Å². The summed E-state index contributed by atoms with van der Waals surface area (Å²) in [5, 5.41) is 12.6. The number of halogens is 6. The highest BCUT2D eigenvalue weighted by molar-refractivity contribution is 6.32. The number of pyridine rings is 1. The molecule has 5 heterocycles. The number of methoxy groups -OCH3 is 1. The lowest BCUT2D eigenvalue weighted by Crippen LogP contribution is -2.51. The molecule has 3 fully saturated rings. The Morgan fingerprint density at radius 1 is 1.19 bits per heavy atom. The van der Waals surface area contributed by atoms with Crippen molar-refractivity contribution in [1.82, 2.24) is 25.2 Å². The summed E-state index contributed by atoms with van der Waals surface area (Å²) in [6, 6.07) is 2.46. The van der Waals surface area contributed by atoms with Crippen LogP contribution in [-0.2, 0) is 6.18 Å². The molecule has 3 aliphatic rings. The maximum atomic E-state index is 16.8. The number of hydrogen-bond acceptors (Lipinski definition) is 10. The van der Waals surface area contributed by atoms with E-state index in [9.17, 15) is 22.8 Å². The number of nitrogens with two attached hydrogens (primary N) is 1. The number of nitrogen functional groups attached to an aromatic ring is 1. The first-order valence-corrected chi connectivity index (χ1v) is 15.6. The van der Waals surface area contributed by atoms with Crippen LogP contribution in [0, 0.1) is 28.5 Å². The van der Waals surface area contributed by atoms with Gasteiger partial charge in [-0.15, -0.1) is 0 Å². The van der Waals surface area contributed by atoms with E-state index in [1.54, 1.807) is 6.07 Å². The Morgan fingerprint density at radius 2 is 1.89 bits per heavy atom. The fourth-order valence-corrected chi connectivity index (χ4v) is 7.51. The van der Waals surface area contributed by atoms with E-state index in [2.05, 4.69) is 25.2 Å². The van der Waals surface area contributed by atoms with Crippen molar-refractivity contribution in [3.63, 3.8) is 0 Å². The number of aromatic nitrogens is 3. The average Bonchev–Trinajstić information content (AvgIpc) is 3.36. The van der Waals surface area contributed by atoms with Crippen molar-refractivity contribution in [2.24, 2.45) is 11.3 Å². The number of piperazine rings is 1. The van der Waals surface area contributed by atoms with Crippen LogP contribution < -0.4 is 25.4 Å². The molecule has 3 N–H and O–H groups in total. The van der Waals surface area contributed by atoms with Crippen molar-refractivity contribution < 1.29 is 31.4 Å². The smallest absolute Gasteiger partial charge is 0.418 e. The maximum absolute atomic E-state index is 16.8. The van der Waals surface area contributed by atoms with E-state index in [-0.39, 0.29) is 47.7 Å². The molecule has 47 heavy (non-hydrogen) atoms. The summed E-state index contributed by atoms with van der Waals surface area (Å²) in [5.74, 6) is -1.61. The minimum atomic E-state index is -5.11. The van der Waals surface area contributed by atoms with Crippen molar-refractivity contribution in [3.05, 3.63) is 28.0 Å². The molecule has 1 aromatic carbocycles. The minimum absolute atomic E-state index is 0.00199. The van der Waals surface area contributed by atoms with Gasteiger partial charge >= 0.3 is 12.2 Å². The second-order valence-electron chi connectivity index (χ2n) is 12.9. The van der Waals surface area contributed by atoms with E-state index in [0.29, 0.717) is 26.1 Å². The van der Waals surface area contributed by atoms with Gasteiger partial charge in [0.1, 0.15) is 28.5 Å². The number of likely N-dealkylation sites (tertiary alicyclic amines) is 1. The second-order valence-corrected chi connectivity index (χ2v) is 13.3. The highest BCUT2D eigenvalue weighted by Gasteiger charge is 2.42. The number of nitriles is 1. The van der Waals surface area contributed by atoms with Crippen molar-refractivity contribution in [1.29, 1.82) is 5.26 Å². The molecule has 3 aromatic rings. The molecule has 0 radical (unpaired) electrons.